The quantitative estimate of drug-likeness (QED) is 0.0688. The first-order valence-electron chi connectivity index (χ1n) is 18.8. The minimum Gasteiger partial charge on any atom is -0.408 e. The summed E-state index contributed by atoms with van der Waals surface area (Å²) in [7, 11) is -6.07. The molecule has 59 heavy (non-hydrogen) atoms. The van der Waals surface area contributed by atoms with Crippen LogP contribution in [0, 0.1) is 34.5 Å². The summed E-state index contributed by atoms with van der Waals surface area (Å²) in [6.07, 6.45) is -0.720. The van der Waals surface area contributed by atoms with Gasteiger partial charge in [-0.3, -0.25) is 33.5 Å². The van der Waals surface area contributed by atoms with Crippen LogP contribution < -0.4 is 16.2 Å². The van der Waals surface area contributed by atoms with E-state index in [2.05, 4.69) is 35.6 Å². The number of anilines is 2. The number of rotatable bonds is 18. The molecule has 25 heteroatoms. The van der Waals surface area contributed by atoms with Gasteiger partial charge >= 0.3 is 15.0 Å². The van der Waals surface area contributed by atoms with Crippen molar-refractivity contribution < 1.29 is 46.6 Å². The molecule has 322 valence electrons. The van der Waals surface area contributed by atoms with Crippen molar-refractivity contribution in [3.8, 4) is 12.1 Å². The number of nitrogens with zero attached hydrogens (tertiary/aromatic N) is 7. The Balaban J connectivity index is 1.52. The first kappa shape index (κ1) is 46.5. The maximum absolute atomic E-state index is 13.2. The normalized spacial score (nSPS) is 25.1. The van der Waals surface area contributed by atoms with Gasteiger partial charge in [0.1, 0.15) is 42.1 Å². The zero-order chi connectivity index (χ0) is 43.3. The number of aromatic amines is 1. The molecule has 9 atom stereocenters. The average Bonchev–Trinajstić information content (AvgIpc) is 3.85. The van der Waals surface area contributed by atoms with Crippen molar-refractivity contribution in [1.29, 1.82) is 10.5 Å². The van der Waals surface area contributed by atoms with Gasteiger partial charge in [-0.2, -0.15) is 15.5 Å². The molecule has 3 aromatic rings. The van der Waals surface area contributed by atoms with Gasteiger partial charge in [0, 0.05) is 17.9 Å². The van der Waals surface area contributed by atoms with Crippen molar-refractivity contribution in [1.82, 2.24) is 29.5 Å². The number of aliphatic hydroxyl groups is 1. The molecule has 2 aliphatic rings. The molecule has 5 N–H and O–H groups in total. The number of carbonyl (C=O) groups is 1. The second-order valence-electron chi connectivity index (χ2n) is 15.9. The predicted octanol–water partition coefficient (Wildman–Crippen LogP) is 3.87. The first-order valence-corrected chi connectivity index (χ1v) is 25.5. The summed E-state index contributed by atoms with van der Waals surface area (Å²) in [5.41, 5.74) is -0.490. The van der Waals surface area contributed by atoms with E-state index in [1.807, 2.05) is 46.0 Å². The number of H-pyrrole nitrogens is 1. The number of aromatic nitrogens is 6. The topological polar surface area (TPSA) is 291 Å². The van der Waals surface area contributed by atoms with Crippen molar-refractivity contribution in [2.45, 2.75) is 109 Å². The SMILES string of the molecule is CC(C)C(=O)Nc1nc2c(ncn2[C@@H]2O[C@H](CO)[C@@H](O[Si](C)(C)C(C)(C)C)[C@H]2O[P@](=S)(OCCC#N)OC[C@H]2C[C@@H](Nc3ncncc3C#N)C[C@@H]2O[PH](=O)O)c(=O)[nH]1. The molecule has 21 nitrogen and oxygen atoms in total. The Bertz CT molecular complexity index is 2190. The minimum atomic E-state index is -3.93. The third-order valence-corrected chi connectivity index (χ3v) is 17.7. The van der Waals surface area contributed by atoms with E-state index in [9.17, 15) is 34.7 Å². The average molecular weight is 897 g/mol. The van der Waals surface area contributed by atoms with E-state index in [-0.39, 0.29) is 65.6 Å². The molecule has 5 rings (SSSR count). The van der Waals surface area contributed by atoms with Crippen LogP contribution in [0.2, 0.25) is 18.1 Å². The largest absolute Gasteiger partial charge is 0.408 e. The fourth-order valence-electron chi connectivity index (χ4n) is 6.29. The van der Waals surface area contributed by atoms with Crippen LogP contribution in [-0.2, 0) is 48.4 Å². The highest BCUT2D eigenvalue weighted by atomic mass is 32.5. The smallest absolute Gasteiger partial charge is 0.327 e. The van der Waals surface area contributed by atoms with Crippen molar-refractivity contribution in [2.24, 2.45) is 11.8 Å². The van der Waals surface area contributed by atoms with Crippen LogP contribution in [0.1, 0.15) is 65.7 Å². The number of nitriles is 2. The fraction of sp³-hybridized carbons (Fsp3) is 0.647. The summed E-state index contributed by atoms with van der Waals surface area (Å²) in [4.78, 5) is 54.9. The summed E-state index contributed by atoms with van der Waals surface area (Å²) in [5, 5.41) is 35.1. The van der Waals surface area contributed by atoms with Crippen molar-refractivity contribution in [2.75, 3.05) is 30.5 Å². The highest BCUT2D eigenvalue weighted by Crippen LogP contribution is 2.56. The molecule has 2 fully saturated rings. The van der Waals surface area contributed by atoms with E-state index < -0.39 is 83.8 Å². The number of amides is 1. The number of carbonyl (C=O) groups excluding carboxylic acids is 1. The van der Waals surface area contributed by atoms with Gasteiger partial charge in [-0.05, 0) is 42.8 Å². The van der Waals surface area contributed by atoms with Crippen LogP contribution in [0.5, 0.6) is 0 Å². The lowest BCUT2D eigenvalue weighted by Crippen LogP contribution is -2.50. The molecule has 0 bridgehead atoms. The summed E-state index contributed by atoms with van der Waals surface area (Å²) in [6.45, 7) is 8.69. The highest BCUT2D eigenvalue weighted by molar-refractivity contribution is 8.07. The van der Waals surface area contributed by atoms with Gasteiger partial charge in [0.25, 0.3) is 5.56 Å². The zero-order valence-electron chi connectivity index (χ0n) is 33.6. The third-order valence-electron chi connectivity index (χ3n) is 10.4. The molecular weight excluding hydrogens is 847 g/mol. The molecule has 1 aliphatic heterocycles. The zero-order valence-corrected chi connectivity index (χ0v) is 37.4. The maximum Gasteiger partial charge on any atom is 0.327 e. The second-order valence-corrected chi connectivity index (χ2v) is 24.4. The number of ether oxygens (including phenoxy) is 1. The van der Waals surface area contributed by atoms with Gasteiger partial charge in [0.15, 0.2) is 25.7 Å². The Labute approximate surface area is 347 Å². The molecule has 4 heterocycles. The standard InChI is InChI=1S/C34H50N10O11P2SSi/c1-19(2)30(46)42-33-41-29-25(31(47)43-33)39-18-44(29)32-27(26(24(15-45)52-32)55-59(6,7)34(3,4)5)54-57(58,50-10-8-9-35)51-16-20-11-22(12-23(20)53-56(48)49)40-28-21(13-36)14-37-17-38-28/h14,17-20,22-24,26-27,32,45,56H,8,10-12,15-16H2,1-7H3,(H,48,49)(H,37,38,40)(H2,41,42,43,46,47)/t20-,22-,23+,24-,26-,27-,32-,57+/m1/s1. The summed E-state index contributed by atoms with van der Waals surface area (Å²) in [5.74, 6) is -1.20. The molecule has 1 saturated heterocycles. The van der Waals surface area contributed by atoms with E-state index in [1.165, 1.54) is 23.4 Å². The Hall–Kier alpha value is -3.54. The lowest BCUT2D eigenvalue weighted by atomic mass is 10.1. The molecule has 0 aromatic carbocycles. The minimum absolute atomic E-state index is 0.0163. The third kappa shape index (κ3) is 11.2. The first-order chi connectivity index (χ1) is 27.8. The van der Waals surface area contributed by atoms with E-state index in [0.29, 0.717) is 6.42 Å². The van der Waals surface area contributed by atoms with Crippen LogP contribution in [0.3, 0.4) is 0 Å². The van der Waals surface area contributed by atoms with E-state index in [0.717, 1.165) is 0 Å². The maximum atomic E-state index is 13.2. The van der Waals surface area contributed by atoms with Crippen LogP contribution in [0.15, 0.2) is 23.6 Å². The second kappa shape index (κ2) is 19.4. The van der Waals surface area contributed by atoms with Crippen molar-refractivity contribution in [3.63, 3.8) is 0 Å². The Morgan fingerprint density at radius 1 is 1.24 bits per heavy atom. The fourth-order valence-corrected chi connectivity index (χ4v) is 10.3. The van der Waals surface area contributed by atoms with Gasteiger partial charge < -0.3 is 38.1 Å². The van der Waals surface area contributed by atoms with E-state index in [1.54, 1.807) is 13.8 Å². The highest BCUT2D eigenvalue weighted by Gasteiger charge is 2.54. The predicted molar refractivity (Wildman–Crippen MR) is 219 cm³/mol. The van der Waals surface area contributed by atoms with Gasteiger partial charge in [0.05, 0.1) is 50.9 Å². The molecule has 1 saturated carbocycles. The van der Waals surface area contributed by atoms with Gasteiger partial charge in [-0.15, -0.1) is 0 Å². The van der Waals surface area contributed by atoms with Gasteiger partial charge in [-0.25, -0.2) is 15.0 Å². The van der Waals surface area contributed by atoms with Crippen molar-refractivity contribution >= 4 is 63.9 Å². The number of nitrogens with one attached hydrogen (secondary N) is 3. The number of fused-ring (bicyclic) bond motifs is 1. The van der Waals surface area contributed by atoms with Crippen LogP contribution in [0.25, 0.3) is 11.2 Å². The Morgan fingerprint density at radius 3 is 2.63 bits per heavy atom. The number of imidazole rings is 1. The monoisotopic (exact) mass is 896 g/mol. The van der Waals surface area contributed by atoms with E-state index in [4.69, 9.17) is 39.1 Å². The molecule has 1 aliphatic carbocycles. The summed E-state index contributed by atoms with van der Waals surface area (Å²) >= 11 is 6.03. The molecular formula is C34H50N10O11P2SSi. The van der Waals surface area contributed by atoms with E-state index >= 15 is 0 Å². The Kier molecular flexibility index (Phi) is 15.3. The van der Waals surface area contributed by atoms with Crippen molar-refractivity contribution in [3.05, 3.63) is 34.8 Å². The molecule has 3 aromatic heterocycles. The number of aliphatic hydroxyl groups excluding tert-OH is 1. The van der Waals surface area contributed by atoms with Crippen LogP contribution in [0.4, 0.5) is 11.8 Å². The van der Waals surface area contributed by atoms with Crippen LogP contribution in [-0.4, -0.2) is 104 Å². The summed E-state index contributed by atoms with van der Waals surface area (Å²) < 4.78 is 51.3. The number of hydrogen-bond acceptors (Lipinski definition) is 18. The van der Waals surface area contributed by atoms with Gasteiger partial charge in [0.2, 0.25) is 11.9 Å². The summed E-state index contributed by atoms with van der Waals surface area (Å²) in [6, 6.07) is 3.67. The Morgan fingerprint density at radius 2 is 1.98 bits per heavy atom. The van der Waals surface area contributed by atoms with Crippen LogP contribution >= 0.6 is 15.0 Å². The molecule has 1 amide bonds. The molecule has 0 radical (unpaired) electrons. The molecule has 1 unspecified atom stereocenters. The lowest BCUT2D eigenvalue weighted by Gasteiger charge is -2.41. The lowest BCUT2D eigenvalue weighted by molar-refractivity contribution is -0.118. The molecule has 0 spiro atoms. The number of hydrogen-bond donors (Lipinski definition) is 5. The van der Waals surface area contributed by atoms with Gasteiger partial charge in [-0.1, -0.05) is 34.6 Å².